The number of carbonyl (C=O) groups is 2. The van der Waals surface area contributed by atoms with Crippen molar-refractivity contribution in [3.05, 3.63) is 92.6 Å². The molecule has 1 saturated heterocycles. The number of ether oxygens (including phenoxy) is 1. The number of rotatable bonds is 7. The van der Waals surface area contributed by atoms with E-state index in [9.17, 15) is 9.59 Å². The Labute approximate surface area is 200 Å². The molecular formula is C25H23BrN2O3S. The van der Waals surface area contributed by atoms with Gasteiger partial charge in [0.2, 0.25) is 0 Å². The van der Waals surface area contributed by atoms with Crippen molar-refractivity contribution >= 4 is 44.9 Å². The average molecular weight is 511 g/mol. The van der Waals surface area contributed by atoms with Crippen molar-refractivity contribution in [3.63, 3.8) is 0 Å². The predicted molar refractivity (Wildman–Crippen MR) is 131 cm³/mol. The van der Waals surface area contributed by atoms with E-state index in [4.69, 9.17) is 4.74 Å². The fourth-order valence-electron chi connectivity index (χ4n) is 3.66. The number of halogens is 1. The molecule has 1 aliphatic heterocycles. The van der Waals surface area contributed by atoms with Crippen molar-refractivity contribution in [2.24, 2.45) is 0 Å². The Morgan fingerprint density at radius 3 is 2.50 bits per heavy atom. The fourth-order valence-corrected chi connectivity index (χ4v) is 4.90. The first-order valence-electron chi connectivity index (χ1n) is 10.3. The van der Waals surface area contributed by atoms with Crippen LogP contribution in [0.1, 0.15) is 22.5 Å². The molecule has 1 aliphatic rings. The first-order valence-corrected chi connectivity index (χ1v) is 11.9. The van der Waals surface area contributed by atoms with E-state index in [1.807, 2.05) is 80.6 Å². The minimum Gasteiger partial charge on any atom is -0.492 e. The third-order valence-electron chi connectivity index (χ3n) is 5.39. The van der Waals surface area contributed by atoms with Gasteiger partial charge in [-0.15, -0.1) is 0 Å². The summed E-state index contributed by atoms with van der Waals surface area (Å²) in [6, 6.07) is 19.4. The summed E-state index contributed by atoms with van der Waals surface area (Å²) in [6.07, 6.45) is 1.82. The van der Waals surface area contributed by atoms with Gasteiger partial charge in [-0.25, -0.2) is 0 Å². The van der Waals surface area contributed by atoms with E-state index >= 15 is 0 Å². The van der Waals surface area contributed by atoms with Gasteiger partial charge in [0.25, 0.3) is 11.1 Å². The molecule has 0 bridgehead atoms. The summed E-state index contributed by atoms with van der Waals surface area (Å²) in [5.74, 6) is 0.585. The summed E-state index contributed by atoms with van der Waals surface area (Å²) in [6.45, 7) is 5.55. The number of thioether (sulfide) groups is 1. The van der Waals surface area contributed by atoms with Crippen molar-refractivity contribution in [1.29, 1.82) is 0 Å². The van der Waals surface area contributed by atoms with Crippen LogP contribution in [0.2, 0.25) is 0 Å². The zero-order valence-corrected chi connectivity index (χ0v) is 20.3. The molecule has 0 aliphatic carbocycles. The number of para-hydroxylation sites is 1. The van der Waals surface area contributed by atoms with Gasteiger partial charge < -0.3 is 9.30 Å². The maximum atomic E-state index is 12.9. The summed E-state index contributed by atoms with van der Waals surface area (Å²) in [5.41, 5.74) is 3.95. The SMILES string of the molecule is Cc1cc(/C=C2\SC(=O)N(Cc3ccccc3Br)C2=O)c(C)n1CCOc1ccccc1. The molecule has 2 amide bonds. The Morgan fingerprint density at radius 2 is 1.75 bits per heavy atom. The molecule has 0 radical (unpaired) electrons. The molecular weight excluding hydrogens is 488 g/mol. The van der Waals surface area contributed by atoms with E-state index < -0.39 is 0 Å². The number of nitrogens with zero attached hydrogens (tertiary/aromatic N) is 2. The zero-order chi connectivity index (χ0) is 22.7. The minimum absolute atomic E-state index is 0.248. The number of aryl methyl sites for hydroxylation is 1. The van der Waals surface area contributed by atoms with Crippen molar-refractivity contribution in [2.75, 3.05) is 6.61 Å². The Hall–Kier alpha value is -2.77. The third-order valence-corrected chi connectivity index (χ3v) is 7.07. The highest BCUT2D eigenvalue weighted by Crippen LogP contribution is 2.35. The molecule has 1 aromatic heterocycles. The van der Waals surface area contributed by atoms with Gasteiger partial charge >= 0.3 is 0 Å². The zero-order valence-electron chi connectivity index (χ0n) is 17.9. The van der Waals surface area contributed by atoms with Gasteiger partial charge in [-0.05, 0) is 67.1 Å². The number of amides is 2. The van der Waals surface area contributed by atoms with Crippen LogP contribution in [-0.2, 0) is 17.9 Å². The van der Waals surface area contributed by atoms with Crippen LogP contribution in [0.3, 0.4) is 0 Å². The molecule has 0 spiro atoms. The number of hydrogen-bond acceptors (Lipinski definition) is 4. The Morgan fingerprint density at radius 1 is 1.03 bits per heavy atom. The van der Waals surface area contributed by atoms with Crippen LogP contribution in [0.25, 0.3) is 6.08 Å². The van der Waals surface area contributed by atoms with Crippen LogP contribution >= 0.6 is 27.7 Å². The lowest BCUT2D eigenvalue weighted by atomic mass is 10.2. The van der Waals surface area contributed by atoms with Crippen molar-refractivity contribution in [1.82, 2.24) is 9.47 Å². The third kappa shape index (κ3) is 4.84. The standard InChI is InChI=1S/C25H23BrN2O3S/c1-17-14-20(18(2)27(17)12-13-31-21-9-4-3-5-10-21)15-23-24(29)28(25(30)32-23)16-19-8-6-7-11-22(19)26/h3-11,14-15H,12-13,16H2,1-2H3/b23-15-. The largest absolute Gasteiger partial charge is 0.492 e. The highest BCUT2D eigenvalue weighted by molar-refractivity contribution is 9.10. The summed E-state index contributed by atoms with van der Waals surface area (Å²) < 4.78 is 8.87. The maximum absolute atomic E-state index is 12.9. The van der Waals surface area contributed by atoms with E-state index in [2.05, 4.69) is 20.5 Å². The smallest absolute Gasteiger partial charge is 0.293 e. The quantitative estimate of drug-likeness (QED) is 0.356. The molecule has 0 unspecified atom stereocenters. The number of carbonyl (C=O) groups excluding carboxylic acids is 2. The molecule has 1 fully saturated rings. The van der Waals surface area contributed by atoms with E-state index in [1.54, 1.807) is 0 Å². The second-order valence-corrected chi connectivity index (χ2v) is 9.35. The first kappa shape index (κ1) is 22.4. The summed E-state index contributed by atoms with van der Waals surface area (Å²) >= 11 is 4.47. The summed E-state index contributed by atoms with van der Waals surface area (Å²) in [4.78, 5) is 27.2. The van der Waals surface area contributed by atoms with Gasteiger partial charge in [-0.2, -0.15) is 0 Å². The lowest BCUT2D eigenvalue weighted by Crippen LogP contribution is -2.27. The molecule has 2 aromatic carbocycles. The molecule has 0 atom stereocenters. The minimum atomic E-state index is -0.257. The second-order valence-electron chi connectivity index (χ2n) is 7.50. The average Bonchev–Trinajstić information content (AvgIpc) is 3.20. The van der Waals surface area contributed by atoms with Crippen LogP contribution < -0.4 is 4.74 Å². The lowest BCUT2D eigenvalue weighted by molar-refractivity contribution is -0.123. The summed E-state index contributed by atoms with van der Waals surface area (Å²) in [7, 11) is 0. The molecule has 3 aromatic rings. The van der Waals surface area contributed by atoms with Gasteiger partial charge in [0.05, 0.1) is 18.0 Å². The second kappa shape index (κ2) is 9.79. The molecule has 164 valence electrons. The van der Waals surface area contributed by atoms with E-state index in [0.29, 0.717) is 18.1 Å². The van der Waals surface area contributed by atoms with Gasteiger partial charge in [-0.1, -0.05) is 52.3 Å². The molecule has 4 rings (SSSR count). The first-order chi connectivity index (χ1) is 15.4. The molecule has 32 heavy (non-hydrogen) atoms. The molecule has 0 N–H and O–H groups in total. The molecule has 7 heteroatoms. The lowest BCUT2D eigenvalue weighted by Gasteiger charge is -2.13. The topological polar surface area (TPSA) is 51.5 Å². The van der Waals surface area contributed by atoms with Crippen LogP contribution in [0, 0.1) is 13.8 Å². The predicted octanol–water partition coefficient (Wildman–Crippen LogP) is 6.18. The van der Waals surface area contributed by atoms with E-state index in [-0.39, 0.29) is 17.7 Å². The number of aromatic nitrogens is 1. The molecule has 2 heterocycles. The van der Waals surface area contributed by atoms with Gasteiger partial charge in [-0.3, -0.25) is 14.5 Å². The van der Waals surface area contributed by atoms with Crippen LogP contribution in [0.5, 0.6) is 5.75 Å². The molecule has 0 saturated carbocycles. The van der Waals surface area contributed by atoms with Gasteiger partial charge in [0, 0.05) is 15.9 Å². The van der Waals surface area contributed by atoms with E-state index in [0.717, 1.165) is 44.5 Å². The number of imide groups is 1. The highest BCUT2D eigenvalue weighted by Gasteiger charge is 2.35. The van der Waals surface area contributed by atoms with Gasteiger partial charge in [0.15, 0.2) is 0 Å². The maximum Gasteiger partial charge on any atom is 0.293 e. The van der Waals surface area contributed by atoms with Crippen molar-refractivity contribution in [2.45, 2.75) is 26.9 Å². The van der Waals surface area contributed by atoms with Crippen molar-refractivity contribution < 1.29 is 14.3 Å². The van der Waals surface area contributed by atoms with Crippen LogP contribution in [0.4, 0.5) is 4.79 Å². The fraction of sp³-hybridized carbons (Fsp3) is 0.200. The van der Waals surface area contributed by atoms with Crippen molar-refractivity contribution in [3.8, 4) is 5.75 Å². The van der Waals surface area contributed by atoms with Crippen LogP contribution in [0.15, 0.2) is 70.0 Å². The van der Waals surface area contributed by atoms with Gasteiger partial charge in [0.1, 0.15) is 12.4 Å². The summed E-state index contributed by atoms with van der Waals surface area (Å²) in [5, 5.41) is -0.248. The monoisotopic (exact) mass is 510 g/mol. The van der Waals surface area contributed by atoms with Crippen LogP contribution in [-0.4, -0.2) is 27.2 Å². The number of benzene rings is 2. The molecule has 5 nitrogen and oxygen atoms in total. The Bertz CT molecular complexity index is 1190. The Kier molecular flexibility index (Phi) is 6.86. The normalized spacial score (nSPS) is 15.1. The highest BCUT2D eigenvalue weighted by atomic mass is 79.9. The van der Waals surface area contributed by atoms with E-state index in [1.165, 1.54) is 4.90 Å². The number of hydrogen-bond donors (Lipinski definition) is 0. The Balaban J connectivity index is 1.47.